The minimum Gasteiger partial charge on any atom is -0.459 e. The van der Waals surface area contributed by atoms with Crippen molar-refractivity contribution < 1.29 is 19.1 Å². The minimum atomic E-state index is -0.563. The summed E-state index contributed by atoms with van der Waals surface area (Å²) in [7, 11) is 0. The molecular weight excluding hydrogens is 292 g/mol. The van der Waals surface area contributed by atoms with E-state index in [0.717, 1.165) is 19.3 Å². The molecule has 0 radical (unpaired) electrons. The van der Waals surface area contributed by atoms with Gasteiger partial charge in [-0.1, -0.05) is 13.8 Å². The Balaban J connectivity index is 1.93. The van der Waals surface area contributed by atoms with Crippen LogP contribution in [0.25, 0.3) is 0 Å². The quantitative estimate of drug-likeness (QED) is 0.748. The summed E-state index contributed by atoms with van der Waals surface area (Å²) in [5.41, 5.74) is -0.818. The summed E-state index contributed by atoms with van der Waals surface area (Å²) in [6.07, 6.45) is 4.39. The van der Waals surface area contributed by atoms with E-state index in [9.17, 15) is 14.4 Å². The topological polar surface area (TPSA) is 60.4 Å². The lowest BCUT2D eigenvalue weighted by atomic mass is 9.52. The van der Waals surface area contributed by atoms with Crippen LogP contribution in [0.3, 0.4) is 0 Å². The van der Waals surface area contributed by atoms with Gasteiger partial charge in [0.15, 0.2) is 0 Å². The number of Topliss-reactive ketones (excluding diaryl/α,β-unsaturated/α-hetero) is 2. The molecule has 0 bridgehead atoms. The van der Waals surface area contributed by atoms with Crippen LogP contribution in [0.4, 0.5) is 0 Å². The molecule has 6 unspecified atom stereocenters. The molecule has 1 saturated heterocycles. The second kappa shape index (κ2) is 5.42. The van der Waals surface area contributed by atoms with Gasteiger partial charge in [0.25, 0.3) is 0 Å². The molecule has 0 N–H and O–H groups in total. The standard InChI is InChI=1S/C19H28O4/c1-11(20)7-10-19(4)14-8-9-18(3)13(5-6-15(18)21)16(14)12(2)17(22)23-19/h12-14,16H,5-10H2,1-4H3. The Kier molecular flexibility index (Phi) is 3.93. The van der Waals surface area contributed by atoms with Gasteiger partial charge in [-0.2, -0.15) is 0 Å². The first kappa shape index (κ1) is 16.7. The summed E-state index contributed by atoms with van der Waals surface area (Å²) in [5.74, 6) is 0.957. The fraction of sp³-hybridized carbons (Fsp3) is 0.842. The van der Waals surface area contributed by atoms with Crippen molar-refractivity contribution in [1.29, 1.82) is 0 Å². The van der Waals surface area contributed by atoms with E-state index in [2.05, 4.69) is 6.92 Å². The normalized spacial score (nSPS) is 46.1. The minimum absolute atomic E-state index is 0.133. The van der Waals surface area contributed by atoms with E-state index in [0.29, 0.717) is 25.0 Å². The summed E-state index contributed by atoms with van der Waals surface area (Å²) in [6, 6.07) is 0. The molecule has 128 valence electrons. The van der Waals surface area contributed by atoms with Gasteiger partial charge in [-0.05, 0) is 51.4 Å². The highest BCUT2D eigenvalue weighted by molar-refractivity contribution is 5.87. The third-order valence-corrected chi connectivity index (χ3v) is 7.08. The van der Waals surface area contributed by atoms with Gasteiger partial charge in [0.1, 0.15) is 17.2 Å². The molecule has 4 nitrogen and oxygen atoms in total. The zero-order valence-corrected chi connectivity index (χ0v) is 14.7. The number of ketones is 2. The van der Waals surface area contributed by atoms with Crippen molar-refractivity contribution in [3.63, 3.8) is 0 Å². The highest BCUT2D eigenvalue weighted by Gasteiger charge is 2.61. The molecule has 0 aromatic carbocycles. The molecule has 3 fully saturated rings. The molecule has 3 rings (SSSR count). The lowest BCUT2D eigenvalue weighted by Crippen LogP contribution is -2.58. The first-order valence-electron chi connectivity index (χ1n) is 8.94. The van der Waals surface area contributed by atoms with E-state index in [1.165, 1.54) is 0 Å². The van der Waals surface area contributed by atoms with Crippen LogP contribution in [-0.4, -0.2) is 23.1 Å². The van der Waals surface area contributed by atoms with Crippen molar-refractivity contribution in [2.45, 2.75) is 71.8 Å². The van der Waals surface area contributed by atoms with Gasteiger partial charge in [-0.3, -0.25) is 9.59 Å². The maximum Gasteiger partial charge on any atom is 0.309 e. The van der Waals surface area contributed by atoms with Gasteiger partial charge in [0.05, 0.1) is 5.92 Å². The Morgan fingerprint density at radius 2 is 1.91 bits per heavy atom. The Morgan fingerprint density at radius 1 is 1.22 bits per heavy atom. The zero-order chi connectivity index (χ0) is 17.0. The van der Waals surface area contributed by atoms with Gasteiger partial charge < -0.3 is 9.53 Å². The maximum atomic E-state index is 12.5. The third kappa shape index (κ3) is 2.45. The maximum absolute atomic E-state index is 12.5. The van der Waals surface area contributed by atoms with E-state index in [1.54, 1.807) is 6.92 Å². The SMILES string of the molecule is CC(=O)CCC1(C)OC(=O)C(C)C2C1CCC1(C)C(=O)CCC21. The fourth-order valence-corrected chi connectivity index (χ4v) is 5.59. The Morgan fingerprint density at radius 3 is 2.57 bits per heavy atom. The largest absolute Gasteiger partial charge is 0.459 e. The van der Waals surface area contributed by atoms with E-state index >= 15 is 0 Å². The predicted molar refractivity (Wildman–Crippen MR) is 85.6 cm³/mol. The van der Waals surface area contributed by atoms with Crippen LogP contribution in [0.2, 0.25) is 0 Å². The number of hydrogen-bond donors (Lipinski definition) is 0. The van der Waals surface area contributed by atoms with Gasteiger partial charge in [-0.25, -0.2) is 0 Å². The molecule has 0 amide bonds. The molecule has 0 aromatic heterocycles. The molecular formula is C19H28O4. The van der Waals surface area contributed by atoms with Crippen molar-refractivity contribution >= 4 is 17.5 Å². The van der Waals surface area contributed by atoms with Crippen LogP contribution < -0.4 is 0 Å². The Labute approximate surface area is 138 Å². The van der Waals surface area contributed by atoms with Crippen molar-refractivity contribution in [1.82, 2.24) is 0 Å². The van der Waals surface area contributed by atoms with E-state index in [4.69, 9.17) is 4.74 Å². The summed E-state index contributed by atoms with van der Waals surface area (Å²) in [4.78, 5) is 36.3. The number of hydrogen-bond acceptors (Lipinski definition) is 4. The molecule has 4 heteroatoms. The average molecular weight is 320 g/mol. The molecule has 0 aromatic rings. The van der Waals surface area contributed by atoms with Gasteiger partial charge in [0, 0.05) is 24.2 Å². The van der Waals surface area contributed by atoms with Gasteiger partial charge in [-0.15, -0.1) is 0 Å². The number of ether oxygens (including phenoxy) is 1. The van der Waals surface area contributed by atoms with Crippen molar-refractivity contribution in [3.05, 3.63) is 0 Å². The summed E-state index contributed by atoms with van der Waals surface area (Å²) in [5, 5.41) is 0. The summed E-state index contributed by atoms with van der Waals surface area (Å²) in [6.45, 7) is 7.64. The second-order valence-corrected chi connectivity index (χ2v) is 8.43. The number of esters is 1. The fourth-order valence-electron chi connectivity index (χ4n) is 5.59. The van der Waals surface area contributed by atoms with Crippen molar-refractivity contribution in [2.24, 2.45) is 29.1 Å². The number of rotatable bonds is 3. The smallest absolute Gasteiger partial charge is 0.309 e. The van der Waals surface area contributed by atoms with E-state index < -0.39 is 5.60 Å². The molecule has 2 saturated carbocycles. The highest BCUT2D eigenvalue weighted by Crippen LogP contribution is 2.60. The second-order valence-electron chi connectivity index (χ2n) is 8.43. The van der Waals surface area contributed by atoms with Crippen molar-refractivity contribution in [2.75, 3.05) is 0 Å². The van der Waals surface area contributed by atoms with Crippen LogP contribution in [0, 0.1) is 29.1 Å². The Hall–Kier alpha value is -1.19. The van der Waals surface area contributed by atoms with Crippen LogP contribution in [0.1, 0.15) is 66.2 Å². The molecule has 2 aliphatic carbocycles. The van der Waals surface area contributed by atoms with Crippen LogP contribution >= 0.6 is 0 Å². The third-order valence-electron chi connectivity index (χ3n) is 7.08. The number of carbonyl (C=O) groups excluding carboxylic acids is 3. The molecule has 3 aliphatic rings. The summed E-state index contributed by atoms with van der Waals surface area (Å²) >= 11 is 0. The van der Waals surface area contributed by atoms with Gasteiger partial charge in [0.2, 0.25) is 0 Å². The molecule has 23 heavy (non-hydrogen) atoms. The first-order chi connectivity index (χ1) is 10.7. The van der Waals surface area contributed by atoms with E-state index in [1.807, 2.05) is 13.8 Å². The van der Waals surface area contributed by atoms with Crippen LogP contribution in [0.5, 0.6) is 0 Å². The lowest BCUT2D eigenvalue weighted by Gasteiger charge is -2.55. The lowest BCUT2D eigenvalue weighted by molar-refractivity contribution is -0.207. The monoisotopic (exact) mass is 320 g/mol. The van der Waals surface area contributed by atoms with Crippen LogP contribution in [-0.2, 0) is 19.1 Å². The highest BCUT2D eigenvalue weighted by atomic mass is 16.6. The molecule has 1 aliphatic heterocycles. The predicted octanol–water partition coefficient (Wildman–Crippen LogP) is 3.32. The number of carbonyl (C=O) groups is 3. The molecule has 1 heterocycles. The molecule has 0 spiro atoms. The van der Waals surface area contributed by atoms with Gasteiger partial charge >= 0.3 is 5.97 Å². The average Bonchev–Trinajstić information content (AvgIpc) is 2.78. The molecule has 6 atom stereocenters. The van der Waals surface area contributed by atoms with Crippen molar-refractivity contribution in [3.8, 4) is 0 Å². The number of cyclic esters (lactones) is 1. The Bertz CT molecular complexity index is 554. The van der Waals surface area contributed by atoms with E-state index in [-0.39, 0.29) is 40.8 Å². The first-order valence-corrected chi connectivity index (χ1v) is 8.94. The number of fused-ring (bicyclic) bond motifs is 3. The van der Waals surface area contributed by atoms with Crippen LogP contribution in [0.15, 0.2) is 0 Å². The zero-order valence-electron chi connectivity index (χ0n) is 14.7. The summed E-state index contributed by atoms with van der Waals surface area (Å²) < 4.78 is 5.84.